The van der Waals surface area contributed by atoms with Crippen LogP contribution < -0.4 is 5.32 Å². The molecule has 1 amide bonds. The van der Waals surface area contributed by atoms with E-state index in [1.54, 1.807) is 7.05 Å². The molecule has 2 N–H and O–H groups in total. The predicted molar refractivity (Wildman–Crippen MR) is 73.3 cm³/mol. The van der Waals surface area contributed by atoms with E-state index in [1.807, 2.05) is 0 Å². The smallest absolute Gasteiger partial charge is 0.233 e. The molecule has 0 spiro atoms. The molecule has 0 unspecified atom stereocenters. The molecule has 4 heteroatoms. The van der Waals surface area contributed by atoms with Crippen molar-refractivity contribution in [1.82, 2.24) is 10.2 Å². The normalized spacial score (nSPS) is 24.7. The standard InChI is InChI=1S/C14H26N2O2/c1-12(2)5-7-14(11-17)6-4-8-16(10-14)9-13(18)15-3/h5,17H,4,6-11H2,1-3H3,(H,15,18)/t14-/m0/s1. The van der Waals surface area contributed by atoms with Crippen molar-refractivity contribution in [2.45, 2.75) is 33.1 Å². The van der Waals surface area contributed by atoms with Crippen molar-refractivity contribution in [3.8, 4) is 0 Å². The first-order chi connectivity index (χ1) is 8.51. The lowest BCUT2D eigenvalue weighted by molar-refractivity contribution is -0.122. The molecule has 0 saturated carbocycles. The first-order valence-electron chi connectivity index (χ1n) is 6.68. The van der Waals surface area contributed by atoms with Crippen molar-refractivity contribution in [3.05, 3.63) is 11.6 Å². The molecule has 1 heterocycles. The van der Waals surface area contributed by atoms with Crippen LogP contribution in [0, 0.1) is 5.41 Å². The Morgan fingerprint density at radius 3 is 2.78 bits per heavy atom. The molecule has 1 fully saturated rings. The van der Waals surface area contributed by atoms with Gasteiger partial charge in [-0.1, -0.05) is 11.6 Å². The van der Waals surface area contributed by atoms with Crippen LogP contribution in [0.2, 0.25) is 0 Å². The van der Waals surface area contributed by atoms with Crippen LogP contribution >= 0.6 is 0 Å². The number of carbonyl (C=O) groups is 1. The van der Waals surface area contributed by atoms with Crippen LogP contribution in [0.5, 0.6) is 0 Å². The van der Waals surface area contributed by atoms with E-state index >= 15 is 0 Å². The summed E-state index contributed by atoms with van der Waals surface area (Å²) < 4.78 is 0. The molecular formula is C14H26N2O2. The molecule has 1 aliphatic heterocycles. The quantitative estimate of drug-likeness (QED) is 0.724. The summed E-state index contributed by atoms with van der Waals surface area (Å²) in [4.78, 5) is 13.6. The summed E-state index contributed by atoms with van der Waals surface area (Å²) in [6.45, 7) is 6.55. The average Bonchev–Trinajstić information content (AvgIpc) is 2.36. The van der Waals surface area contributed by atoms with Crippen LogP contribution in [-0.2, 0) is 4.79 Å². The molecule has 1 rings (SSSR count). The third-order valence-electron chi connectivity index (χ3n) is 3.67. The lowest BCUT2D eigenvalue weighted by Gasteiger charge is -2.41. The summed E-state index contributed by atoms with van der Waals surface area (Å²) in [5.41, 5.74) is 1.22. The number of aliphatic hydroxyl groups is 1. The van der Waals surface area contributed by atoms with Gasteiger partial charge in [0.1, 0.15) is 0 Å². The number of amides is 1. The van der Waals surface area contributed by atoms with E-state index in [0.29, 0.717) is 6.54 Å². The lowest BCUT2D eigenvalue weighted by atomic mass is 9.77. The van der Waals surface area contributed by atoms with E-state index < -0.39 is 0 Å². The van der Waals surface area contributed by atoms with Crippen molar-refractivity contribution < 1.29 is 9.90 Å². The van der Waals surface area contributed by atoms with Crippen LogP contribution in [-0.4, -0.2) is 49.2 Å². The molecule has 0 aromatic carbocycles. The first kappa shape index (κ1) is 15.2. The summed E-state index contributed by atoms with van der Waals surface area (Å²) >= 11 is 0. The molecule has 0 aromatic rings. The summed E-state index contributed by atoms with van der Waals surface area (Å²) in [7, 11) is 1.66. The molecule has 0 radical (unpaired) electrons. The minimum absolute atomic E-state index is 0.0472. The topological polar surface area (TPSA) is 52.6 Å². The van der Waals surface area contributed by atoms with E-state index in [0.717, 1.165) is 32.4 Å². The maximum Gasteiger partial charge on any atom is 0.233 e. The van der Waals surface area contributed by atoms with Gasteiger partial charge in [-0.2, -0.15) is 0 Å². The predicted octanol–water partition coefficient (Wildman–Crippen LogP) is 1.16. The van der Waals surface area contributed by atoms with Gasteiger partial charge in [0.05, 0.1) is 13.2 Å². The van der Waals surface area contributed by atoms with Gasteiger partial charge in [0.25, 0.3) is 0 Å². The minimum Gasteiger partial charge on any atom is -0.396 e. The zero-order valence-electron chi connectivity index (χ0n) is 11.8. The number of aliphatic hydroxyl groups excluding tert-OH is 1. The van der Waals surface area contributed by atoms with Crippen LogP contribution in [0.3, 0.4) is 0 Å². The summed E-state index contributed by atoms with van der Waals surface area (Å²) in [6.07, 6.45) is 5.18. The van der Waals surface area contributed by atoms with Gasteiger partial charge < -0.3 is 10.4 Å². The van der Waals surface area contributed by atoms with Crippen LogP contribution in [0.4, 0.5) is 0 Å². The second-order valence-electron chi connectivity index (χ2n) is 5.63. The van der Waals surface area contributed by atoms with Gasteiger partial charge >= 0.3 is 0 Å². The van der Waals surface area contributed by atoms with Crippen molar-refractivity contribution in [2.24, 2.45) is 5.41 Å². The molecule has 104 valence electrons. The number of carbonyl (C=O) groups excluding carboxylic acids is 1. The number of nitrogens with zero attached hydrogens (tertiary/aromatic N) is 1. The Morgan fingerprint density at radius 1 is 1.50 bits per heavy atom. The number of rotatable bonds is 5. The molecule has 18 heavy (non-hydrogen) atoms. The highest BCUT2D eigenvalue weighted by molar-refractivity contribution is 5.77. The molecule has 1 atom stereocenters. The number of hydrogen-bond acceptors (Lipinski definition) is 3. The Labute approximate surface area is 110 Å². The van der Waals surface area contributed by atoms with Gasteiger partial charge in [-0.15, -0.1) is 0 Å². The summed E-state index contributed by atoms with van der Waals surface area (Å²) in [5, 5.41) is 12.4. The van der Waals surface area contributed by atoms with E-state index in [-0.39, 0.29) is 17.9 Å². The SMILES string of the molecule is CNC(=O)CN1CCC[C@](CO)(CC=C(C)C)C1. The monoisotopic (exact) mass is 254 g/mol. The highest BCUT2D eigenvalue weighted by Crippen LogP contribution is 2.33. The van der Waals surface area contributed by atoms with Crippen molar-refractivity contribution in [3.63, 3.8) is 0 Å². The molecule has 0 aromatic heterocycles. The fourth-order valence-corrected chi connectivity index (χ4v) is 2.51. The van der Waals surface area contributed by atoms with Gasteiger partial charge in [-0.3, -0.25) is 9.69 Å². The van der Waals surface area contributed by atoms with Crippen LogP contribution in [0.15, 0.2) is 11.6 Å². The second kappa shape index (κ2) is 6.90. The Balaban J connectivity index is 2.63. The minimum atomic E-state index is -0.0659. The van der Waals surface area contributed by atoms with Gasteiger partial charge in [-0.05, 0) is 39.7 Å². The van der Waals surface area contributed by atoms with Gasteiger partial charge in [0, 0.05) is 19.0 Å². The maximum absolute atomic E-state index is 11.4. The Bertz CT molecular complexity index is 311. The van der Waals surface area contributed by atoms with Gasteiger partial charge in [-0.25, -0.2) is 0 Å². The van der Waals surface area contributed by atoms with Crippen molar-refractivity contribution >= 4 is 5.91 Å². The van der Waals surface area contributed by atoms with Crippen LogP contribution in [0.1, 0.15) is 33.1 Å². The molecule has 0 aliphatic carbocycles. The number of nitrogens with one attached hydrogen (secondary N) is 1. The lowest BCUT2D eigenvalue weighted by Crippen LogP contribution is -2.48. The van der Waals surface area contributed by atoms with E-state index in [2.05, 4.69) is 30.1 Å². The third-order valence-corrected chi connectivity index (χ3v) is 3.67. The molecule has 1 aliphatic rings. The van der Waals surface area contributed by atoms with Crippen molar-refractivity contribution in [2.75, 3.05) is 33.3 Å². The average molecular weight is 254 g/mol. The number of hydrogen-bond donors (Lipinski definition) is 2. The summed E-state index contributed by atoms with van der Waals surface area (Å²) in [6, 6.07) is 0. The maximum atomic E-state index is 11.4. The van der Waals surface area contributed by atoms with E-state index in [9.17, 15) is 9.90 Å². The largest absolute Gasteiger partial charge is 0.396 e. The fourth-order valence-electron chi connectivity index (χ4n) is 2.51. The van der Waals surface area contributed by atoms with E-state index in [4.69, 9.17) is 0 Å². The summed E-state index contributed by atoms with van der Waals surface area (Å²) in [5.74, 6) is 0.0472. The number of piperidine rings is 1. The highest BCUT2D eigenvalue weighted by atomic mass is 16.3. The van der Waals surface area contributed by atoms with Crippen molar-refractivity contribution in [1.29, 1.82) is 0 Å². The number of allylic oxidation sites excluding steroid dienone is 2. The Hall–Kier alpha value is -0.870. The van der Waals surface area contributed by atoms with Gasteiger partial charge in [0.15, 0.2) is 0 Å². The van der Waals surface area contributed by atoms with Gasteiger partial charge in [0.2, 0.25) is 5.91 Å². The second-order valence-corrected chi connectivity index (χ2v) is 5.63. The zero-order valence-corrected chi connectivity index (χ0v) is 11.8. The highest BCUT2D eigenvalue weighted by Gasteiger charge is 2.34. The number of likely N-dealkylation sites (tertiary alicyclic amines) is 1. The number of likely N-dealkylation sites (N-methyl/N-ethyl adjacent to an activating group) is 1. The molecule has 4 nitrogen and oxygen atoms in total. The first-order valence-corrected chi connectivity index (χ1v) is 6.68. The zero-order chi connectivity index (χ0) is 13.6. The molecular weight excluding hydrogens is 228 g/mol. The molecule has 0 bridgehead atoms. The Kier molecular flexibility index (Phi) is 5.82. The molecule has 1 saturated heterocycles. The van der Waals surface area contributed by atoms with Crippen LogP contribution in [0.25, 0.3) is 0 Å². The fraction of sp³-hybridized carbons (Fsp3) is 0.786. The Morgan fingerprint density at radius 2 is 2.22 bits per heavy atom. The van der Waals surface area contributed by atoms with E-state index in [1.165, 1.54) is 5.57 Å². The third kappa shape index (κ3) is 4.42.